The lowest BCUT2D eigenvalue weighted by Crippen LogP contribution is -2.33. The predicted octanol–water partition coefficient (Wildman–Crippen LogP) is 2.32. The molecule has 0 heterocycles. The highest BCUT2D eigenvalue weighted by molar-refractivity contribution is 6.31. The second kappa shape index (κ2) is 8.09. The van der Waals surface area contributed by atoms with Gasteiger partial charge in [-0.2, -0.15) is 0 Å². The van der Waals surface area contributed by atoms with Crippen molar-refractivity contribution in [2.24, 2.45) is 0 Å². The van der Waals surface area contributed by atoms with Crippen molar-refractivity contribution in [1.82, 2.24) is 5.32 Å². The minimum atomic E-state index is -0.941. The van der Waals surface area contributed by atoms with E-state index >= 15 is 0 Å². The largest absolute Gasteiger partial charge is 0.465 e. The van der Waals surface area contributed by atoms with Gasteiger partial charge in [-0.1, -0.05) is 17.7 Å². The summed E-state index contributed by atoms with van der Waals surface area (Å²) >= 11 is 5.96. The normalized spacial score (nSPS) is 12.2. The Balaban J connectivity index is 2.97. The third-order valence-electron chi connectivity index (χ3n) is 2.47. The predicted molar refractivity (Wildman–Crippen MR) is 70.7 cm³/mol. The van der Waals surface area contributed by atoms with Crippen LogP contribution in [0.15, 0.2) is 18.2 Å². The molecule has 1 aromatic rings. The number of methoxy groups -OCH3 is 1. The van der Waals surface area contributed by atoms with E-state index in [-0.39, 0.29) is 17.2 Å². The number of nitrogens with one attached hydrogen (secondary N) is 1. The maximum atomic E-state index is 13.8. The summed E-state index contributed by atoms with van der Waals surface area (Å²) in [6, 6.07) is 3.33. The molecule has 106 valence electrons. The summed E-state index contributed by atoms with van der Waals surface area (Å²) in [6.45, 7) is 2.67. The van der Waals surface area contributed by atoms with E-state index in [0.717, 1.165) is 0 Å². The molecule has 0 bridgehead atoms. The highest BCUT2D eigenvalue weighted by Gasteiger charge is 2.26. The Kier molecular flexibility index (Phi) is 6.77. The van der Waals surface area contributed by atoms with Crippen molar-refractivity contribution >= 4 is 17.6 Å². The van der Waals surface area contributed by atoms with E-state index in [4.69, 9.17) is 21.1 Å². The van der Waals surface area contributed by atoms with Gasteiger partial charge in [-0.15, -0.1) is 0 Å². The number of carbonyl (C=O) groups is 1. The summed E-state index contributed by atoms with van der Waals surface area (Å²) in [7, 11) is 1.54. The third kappa shape index (κ3) is 4.45. The molecule has 0 aromatic heterocycles. The Hall–Kier alpha value is -1.17. The van der Waals surface area contributed by atoms with Crippen molar-refractivity contribution in [3.8, 4) is 0 Å². The molecule has 1 aromatic carbocycles. The van der Waals surface area contributed by atoms with Crippen LogP contribution >= 0.6 is 11.6 Å². The Morgan fingerprint density at radius 2 is 2.26 bits per heavy atom. The van der Waals surface area contributed by atoms with Gasteiger partial charge < -0.3 is 9.47 Å². The molecule has 0 saturated heterocycles. The van der Waals surface area contributed by atoms with Crippen molar-refractivity contribution < 1.29 is 18.7 Å². The SMILES string of the molecule is CCOC(=O)C(NCCOC)c1c(F)cccc1Cl. The van der Waals surface area contributed by atoms with Crippen LogP contribution in [0.1, 0.15) is 18.5 Å². The molecule has 0 aliphatic rings. The van der Waals surface area contributed by atoms with Gasteiger partial charge in [-0.05, 0) is 19.1 Å². The number of hydrogen-bond acceptors (Lipinski definition) is 4. The lowest BCUT2D eigenvalue weighted by atomic mass is 10.1. The van der Waals surface area contributed by atoms with Gasteiger partial charge in [0.25, 0.3) is 0 Å². The van der Waals surface area contributed by atoms with Crippen LogP contribution in [0.5, 0.6) is 0 Å². The van der Waals surface area contributed by atoms with Crippen molar-refractivity contribution in [2.45, 2.75) is 13.0 Å². The van der Waals surface area contributed by atoms with Crippen LogP contribution in [0.3, 0.4) is 0 Å². The minimum Gasteiger partial charge on any atom is -0.465 e. The van der Waals surface area contributed by atoms with Gasteiger partial charge in [-0.25, -0.2) is 9.18 Å². The molecular weight excluding hydrogens is 273 g/mol. The van der Waals surface area contributed by atoms with E-state index in [9.17, 15) is 9.18 Å². The molecule has 0 fully saturated rings. The van der Waals surface area contributed by atoms with Crippen LogP contribution in [-0.2, 0) is 14.3 Å². The van der Waals surface area contributed by atoms with Crippen LogP contribution in [-0.4, -0.2) is 32.8 Å². The van der Waals surface area contributed by atoms with Gasteiger partial charge in [0.1, 0.15) is 11.9 Å². The molecule has 0 saturated carbocycles. The van der Waals surface area contributed by atoms with E-state index in [1.54, 1.807) is 6.92 Å². The summed E-state index contributed by atoms with van der Waals surface area (Å²) in [5.41, 5.74) is 0.0960. The number of esters is 1. The topological polar surface area (TPSA) is 47.6 Å². The first kappa shape index (κ1) is 15.9. The Bertz CT molecular complexity index is 408. The zero-order chi connectivity index (χ0) is 14.3. The molecule has 0 spiro atoms. The molecule has 0 radical (unpaired) electrons. The molecular formula is C13H17ClFNO3. The standard InChI is InChI=1S/C13H17ClFNO3/c1-3-19-13(17)12(16-7-8-18-2)11-9(14)5-4-6-10(11)15/h4-6,12,16H,3,7-8H2,1-2H3. The fourth-order valence-corrected chi connectivity index (χ4v) is 1.89. The summed E-state index contributed by atoms with van der Waals surface area (Å²) < 4.78 is 23.7. The van der Waals surface area contributed by atoms with Gasteiger partial charge in [0.2, 0.25) is 0 Å². The number of rotatable bonds is 7. The van der Waals surface area contributed by atoms with Crippen molar-refractivity contribution in [3.05, 3.63) is 34.6 Å². The molecule has 1 atom stereocenters. The average Bonchev–Trinajstić information content (AvgIpc) is 2.37. The molecule has 4 nitrogen and oxygen atoms in total. The number of halogens is 2. The van der Waals surface area contributed by atoms with Gasteiger partial charge in [0.15, 0.2) is 0 Å². The van der Waals surface area contributed by atoms with E-state index in [2.05, 4.69) is 5.32 Å². The number of benzene rings is 1. The van der Waals surface area contributed by atoms with E-state index in [0.29, 0.717) is 13.2 Å². The van der Waals surface area contributed by atoms with Crippen LogP contribution in [0.25, 0.3) is 0 Å². The summed E-state index contributed by atoms with van der Waals surface area (Å²) in [4.78, 5) is 11.9. The van der Waals surface area contributed by atoms with Crippen molar-refractivity contribution in [2.75, 3.05) is 26.9 Å². The first-order valence-electron chi connectivity index (χ1n) is 5.94. The fraction of sp³-hybridized carbons (Fsp3) is 0.462. The smallest absolute Gasteiger partial charge is 0.327 e. The number of ether oxygens (including phenoxy) is 2. The van der Waals surface area contributed by atoms with Crippen LogP contribution in [0.4, 0.5) is 4.39 Å². The highest BCUT2D eigenvalue weighted by Crippen LogP contribution is 2.26. The Morgan fingerprint density at radius 3 is 2.84 bits per heavy atom. The van der Waals surface area contributed by atoms with Crippen molar-refractivity contribution in [1.29, 1.82) is 0 Å². The molecule has 1 rings (SSSR count). The van der Waals surface area contributed by atoms with Crippen LogP contribution in [0.2, 0.25) is 5.02 Å². The molecule has 6 heteroatoms. The maximum absolute atomic E-state index is 13.8. The lowest BCUT2D eigenvalue weighted by Gasteiger charge is -2.19. The molecule has 19 heavy (non-hydrogen) atoms. The Labute approximate surface area is 116 Å². The van der Waals surface area contributed by atoms with Crippen LogP contribution in [0, 0.1) is 5.82 Å². The first-order valence-corrected chi connectivity index (χ1v) is 6.32. The minimum absolute atomic E-state index is 0.0960. The van der Waals surface area contributed by atoms with Crippen LogP contribution < -0.4 is 5.32 Å². The molecule has 1 N–H and O–H groups in total. The van der Waals surface area contributed by atoms with Crippen molar-refractivity contribution in [3.63, 3.8) is 0 Å². The molecule has 1 unspecified atom stereocenters. The van der Waals surface area contributed by atoms with E-state index in [1.807, 2.05) is 0 Å². The maximum Gasteiger partial charge on any atom is 0.327 e. The number of carbonyl (C=O) groups excluding carboxylic acids is 1. The summed E-state index contributed by atoms with van der Waals surface area (Å²) in [5, 5.41) is 3.06. The first-order chi connectivity index (χ1) is 9.11. The van der Waals surface area contributed by atoms with Gasteiger partial charge in [0, 0.05) is 24.2 Å². The zero-order valence-electron chi connectivity index (χ0n) is 10.9. The molecule has 0 aliphatic carbocycles. The summed E-state index contributed by atoms with van der Waals surface area (Å²) in [5.74, 6) is -1.11. The quantitative estimate of drug-likeness (QED) is 0.618. The number of hydrogen-bond donors (Lipinski definition) is 1. The Morgan fingerprint density at radius 1 is 1.53 bits per heavy atom. The van der Waals surface area contributed by atoms with Gasteiger partial charge in [-0.3, -0.25) is 5.32 Å². The zero-order valence-corrected chi connectivity index (χ0v) is 11.7. The van der Waals surface area contributed by atoms with Gasteiger partial charge in [0.05, 0.1) is 13.2 Å². The van der Waals surface area contributed by atoms with E-state index in [1.165, 1.54) is 25.3 Å². The fourth-order valence-electron chi connectivity index (χ4n) is 1.62. The average molecular weight is 290 g/mol. The molecule has 0 amide bonds. The summed E-state index contributed by atoms with van der Waals surface area (Å²) in [6.07, 6.45) is 0. The van der Waals surface area contributed by atoms with Gasteiger partial charge >= 0.3 is 5.97 Å². The second-order valence-electron chi connectivity index (χ2n) is 3.77. The highest BCUT2D eigenvalue weighted by atomic mass is 35.5. The molecule has 0 aliphatic heterocycles. The second-order valence-corrected chi connectivity index (χ2v) is 4.17. The van der Waals surface area contributed by atoms with E-state index < -0.39 is 17.8 Å². The monoisotopic (exact) mass is 289 g/mol. The lowest BCUT2D eigenvalue weighted by molar-refractivity contribution is -0.146. The third-order valence-corrected chi connectivity index (χ3v) is 2.79.